The zero-order valence-corrected chi connectivity index (χ0v) is 32.1. The van der Waals surface area contributed by atoms with Crippen LogP contribution in [-0.2, 0) is 0 Å². The van der Waals surface area contributed by atoms with Crippen molar-refractivity contribution in [1.29, 1.82) is 0 Å². The van der Waals surface area contributed by atoms with Gasteiger partial charge in [-0.15, -0.1) is 0 Å². The number of pyridine rings is 2. The summed E-state index contributed by atoms with van der Waals surface area (Å²) in [5, 5.41) is 7.21. The lowest BCUT2D eigenvalue weighted by Gasteiger charge is -2.11. The van der Waals surface area contributed by atoms with Crippen LogP contribution in [0.3, 0.4) is 0 Å². The van der Waals surface area contributed by atoms with Crippen molar-refractivity contribution in [2.75, 3.05) is 0 Å². The summed E-state index contributed by atoms with van der Waals surface area (Å²) in [5.74, 6) is 1.17. The molecule has 0 atom stereocenters. The van der Waals surface area contributed by atoms with Crippen LogP contribution in [0.15, 0.2) is 199 Å². The summed E-state index contributed by atoms with van der Waals surface area (Å²) in [6, 6.07) is 66.0. The van der Waals surface area contributed by atoms with E-state index in [0.29, 0.717) is 22.8 Å². The van der Waals surface area contributed by atoms with Gasteiger partial charge in [0.15, 0.2) is 5.58 Å². The molecule has 13 rings (SSSR count). The van der Waals surface area contributed by atoms with E-state index in [9.17, 15) is 0 Å². The highest BCUT2D eigenvalue weighted by atomic mass is 16.3. The molecule has 0 bridgehead atoms. The molecule has 7 aromatic carbocycles. The van der Waals surface area contributed by atoms with E-state index < -0.39 is 0 Å². The summed E-state index contributed by atoms with van der Waals surface area (Å²) in [6.45, 7) is 0. The fraction of sp³-hybridized carbons (Fsp3) is 0. The van der Waals surface area contributed by atoms with E-state index in [4.69, 9.17) is 19.4 Å². The Morgan fingerprint density at radius 3 is 1.25 bits per heavy atom. The second-order valence-electron chi connectivity index (χ2n) is 15.3. The number of para-hydroxylation sites is 6. The van der Waals surface area contributed by atoms with E-state index in [0.717, 1.165) is 50.4 Å². The minimum Gasteiger partial charge on any atom is -0.432 e. The Morgan fingerprint density at radius 1 is 0.383 bits per heavy atom. The molecule has 0 unspecified atom stereocenters. The lowest BCUT2D eigenvalue weighted by atomic mass is 10.1. The summed E-state index contributed by atoms with van der Waals surface area (Å²) < 4.78 is 13.5. The average molecular weight is 769 g/mol. The molecule has 0 aliphatic rings. The van der Waals surface area contributed by atoms with Crippen molar-refractivity contribution < 1.29 is 4.42 Å². The zero-order chi connectivity index (χ0) is 39.3. The maximum absolute atomic E-state index is 6.72. The minimum atomic E-state index is 0.411. The van der Waals surface area contributed by atoms with Crippen LogP contribution < -0.4 is 0 Å². The molecule has 0 radical (unpaired) electrons. The van der Waals surface area contributed by atoms with Gasteiger partial charge in [-0.25, -0.2) is 9.97 Å². The quantitative estimate of drug-likeness (QED) is 0.175. The van der Waals surface area contributed by atoms with Crippen LogP contribution >= 0.6 is 0 Å². The molecular formula is C53H32N6O. The van der Waals surface area contributed by atoms with Gasteiger partial charge in [-0.3, -0.25) is 4.57 Å². The molecule has 0 fully saturated rings. The Bertz CT molecular complexity index is 3670. The molecule has 7 heteroatoms. The van der Waals surface area contributed by atoms with Crippen molar-refractivity contribution in [3.8, 4) is 39.9 Å². The van der Waals surface area contributed by atoms with Crippen LogP contribution in [0, 0.1) is 0 Å². The van der Waals surface area contributed by atoms with Crippen molar-refractivity contribution in [3.05, 3.63) is 194 Å². The summed E-state index contributed by atoms with van der Waals surface area (Å²) in [6.07, 6.45) is 1.90. The average Bonchev–Trinajstić information content (AvgIpc) is 4.07. The van der Waals surface area contributed by atoms with Gasteiger partial charge in [0.1, 0.15) is 11.5 Å². The van der Waals surface area contributed by atoms with Gasteiger partial charge in [0.25, 0.3) is 0 Å². The van der Waals surface area contributed by atoms with E-state index in [1.54, 1.807) is 0 Å². The Morgan fingerprint density at radius 2 is 0.800 bits per heavy atom. The van der Waals surface area contributed by atoms with Gasteiger partial charge in [0.05, 0.1) is 45.0 Å². The normalized spacial score (nSPS) is 12.0. The largest absolute Gasteiger partial charge is 0.432 e. The second kappa shape index (κ2) is 12.6. The maximum atomic E-state index is 6.72. The third-order valence-corrected chi connectivity index (χ3v) is 12.0. The third-order valence-electron chi connectivity index (χ3n) is 12.0. The van der Waals surface area contributed by atoms with Crippen molar-refractivity contribution in [2.24, 2.45) is 0 Å². The van der Waals surface area contributed by atoms with E-state index in [1.165, 1.54) is 43.4 Å². The molecule has 0 saturated heterocycles. The van der Waals surface area contributed by atoms with Gasteiger partial charge in [0, 0.05) is 43.6 Å². The van der Waals surface area contributed by atoms with Crippen LogP contribution in [-0.4, -0.2) is 28.7 Å². The number of hydrogen-bond acceptors (Lipinski definition) is 4. The smallest absolute Gasteiger partial charge is 0.247 e. The Hall–Kier alpha value is -8.29. The standard InChI is InChI=1S/C53H32N6O/c1-7-19-44-36(13-1)37-14-2-8-20-45(37)57(44)34-27-25-33(26-28-34)42-31-50(59-48-23-11-5-17-40(48)41-18-6-12-24-49(41)59)55-52-51(42)60-53(56-52)43-30-29-35(32-54-43)58-46-21-9-3-15-38(46)39-16-4-10-22-47(39)58/h1-32H. The number of benzene rings is 7. The van der Waals surface area contributed by atoms with Crippen molar-refractivity contribution in [3.63, 3.8) is 0 Å². The first kappa shape index (κ1) is 32.8. The number of oxazole rings is 1. The lowest BCUT2D eigenvalue weighted by Crippen LogP contribution is -1.99. The predicted octanol–water partition coefficient (Wildman–Crippen LogP) is 13.2. The zero-order valence-electron chi connectivity index (χ0n) is 32.1. The first-order valence-corrected chi connectivity index (χ1v) is 20.1. The summed E-state index contributed by atoms with van der Waals surface area (Å²) >= 11 is 0. The molecule has 0 N–H and O–H groups in total. The lowest BCUT2D eigenvalue weighted by molar-refractivity contribution is 0.617. The maximum Gasteiger partial charge on any atom is 0.247 e. The van der Waals surface area contributed by atoms with E-state index in [1.807, 2.05) is 12.3 Å². The highest BCUT2D eigenvalue weighted by Crippen LogP contribution is 2.39. The van der Waals surface area contributed by atoms with Crippen molar-refractivity contribution in [2.45, 2.75) is 0 Å². The molecule has 0 spiro atoms. The molecule has 0 aliphatic heterocycles. The SMILES string of the molecule is c1ccc2c(c1)c1ccccc1n2-c1ccc(-c2cc(-n3c4ccccc4c4ccccc43)nc3nc(-c4ccc(-n5c6ccccc6c6ccccc65)cn4)oc23)cc1. The fourth-order valence-electron chi connectivity index (χ4n) is 9.34. The molecule has 0 saturated carbocycles. The molecule has 6 heterocycles. The van der Waals surface area contributed by atoms with Crippen LogP contribution in [0.1, 0.15) is 0 Å². The van der Waals surface area contributed by atoms with Crippen LogP contribution in [0.2, 0.25) is 0 Å². The van der Waals surface area contributed by atoms with Gasteiger partial charge in [-0.2, -0.15) is 4.98 Å². The third kappa shape index (κ3) is 4.74. The molecule has 0 amide bonds. The Balaban J connectivity index is 0.985. The number of nitrogens with zero attached hydrogens (tertiary/aromatic N) is 6. The highest BCUT2D eigenvalue weighted by Gasteiger charge is 2.21. The predicted molar refractivity (Wildman–Crippen MR) is 243 cm³/mol. The number of hydrogen-bond donors (Lipinski definition) is 0. The Labute approximate surface area is 342 Å². The van der Waals surface area contributed by atoms with Crippen LogP contribution in [0.25, 0.3) is 117 Å². The first-order chi connectivity index (χ1) is 29.8. The Kier molecular flexibility index (Phi) is 6.88. The second-order valence-corrected chi connectivity index (χ2v) is 15.3. The van der Waals surface area contributed by atoms with Gasteiger partial charge < -0.3 is 13.6 Å². The van der Waals surface area contributed by atoms with Crippen LogP contribution in [0.5, 0.6) is 0 Å². The topological polar surface area (TPSA) is 66.6 Å². The van der Waals surface area contributed by atoms with E-state index >= 15 is 0 Å². The van der Waals surface area contributed by atoms with Gasteiger partial charge in [-0.1, -0.05) is 121 Å². The van der Waals surface area contributed by atoms with Gasteiger partial charge in [0.2, 0.25) is 11.5 Å². The number of aromatic nitrogens is 6. The minimum absolute atomic E-state index is 0.411. The molecular weight excluding hydrogens is 737 g/mol. The van der Waals surface area contributed by atoms with Gasteiger partial charge in [-0.05, 0) is 72.3 Å². The summed E-state index contributed by atoms with van der Waals surface area (Å²) in [5.41, 5.74) is 12.4. The number of rotatable bonds is 5. The first-order valence-electron chi connectivity index (χ1n) is 20.1. The highest BCUT2D eigenvalue weighted by molar-refractivity contribution is 6.11. The summed E-state index contributed by atoms with van der Waals surface area (Å²) in [4.78, 5) is 15.2. The van der Waals surface area contributed by atoms with Crippen LogP contribution in [0.4, 0.5) is 0 Å². The molecule has 0 aliphatic carbocycles. The van der Waals surface area contributed by atoms with E-state index in [2.05, 4.69) is 196 Å². The molecule has 60 heavy (non-hydrogen) atoms. The number of fused-ring (bicyclic) bond motifs is 10. The van der Waals surface area contributed by atoms with E-state index in [-0.39, 0.29) is 0 Å². The summed E-state index contributed by atoms with van der Waals surface area (Å²) in [7, 11) is 0. The molecule has 13 aromatic rings. The molecule has 6 aromatic heterocycles. The molecule has 280 valence electrons. The van der Waals surface area contributed by atoms with Gasteiger partial charge >= 0.3 is 0 Å². The monoisotopic (exact) mass is 768 g/mol. The van der Waals surface area contributed by atoms with Crippen molar-refractivity contribution in [1.82, 2.24) is 28.7 Å². The fourth-order valence-corrected chi connectivity index (χ4v) is 9.34. The molecule has 7 nitrogen and oxygen atoms in total. The van der Waals surface area contributed by atoms with Crippen molar-refractivity contribution >= 4 is 76.6 Å².